The number of amides is 2. The SMILES string of the molecule is O=C(O)CN1C(=O)C(=Cc2ccc(OCCc3ccccc3)c(OC(C(=O)N3CCN(c4ccccc4)CC3)c3ccccc3)c2)SC1=S. The number of benzene rings is 4. The Morgan fingerprint density at radius 1 is 0.857 bits per heavy atom. The molecule has 250 valence electrons. The Morgan fingerprint density at radius 3 is 2.18 bits per heavy atom. The monoisotopic (exact) mass is 693 g/mol. The maximum Gasteiger partial charge on any atom is 0.323 e. The van der Waals surface area contributed by atoms with Crippen LogP contribution in [0.5, 0.6) is 11.5 Å². The van der Waals surface area contributed by atoms with E-state index in [0.29, 0.717) is 66.7 Å². The number of carboxylic acid groups (broad SMARTS) is 1. The molecular weight excluding hydrogens is 659 g/mol. The fourth-order valence-corrected chi connectivity index (χ4v) is 6.93. The molecule has 2 heterocycles. The lowest BCUT2D eigenvalue weighted by Crippen LogP contribution is -2.50. The van der Waals surface area contributed by atoms with E-state index in [1.807, 2.05) is 83.8 Å². The van der Waals surface area contributed by atoms with Gasteiger partial charge in [-0.1, -0.05) is 109 Å². The first-order chi connectivity index (χ1) is 23.9. The highest BCUT2D eigenvalue weighted by molar-refractivity contribution is 8.26. The number of anilines is 1. The van der Waals surface area contributed by atoms with E-state index in [9.17, 15) is 19.5 Å². The Bertz CT molecular complexity index is 1830. The maximum absolute atomic E-state index is 14.2. The van der Waals surface area contributed by atoms with Gasteiger partial charge in [0.25, 0.3) is 11.8 Å². The van der Waals surface area contributed by atoms with Crippen LogP contribution in [0.2, 0.25) is 0 Å². The molecule has 0 saturated carbocycles. The van der Waals surface area contributed by atoms with Gasteiger partial charge in [0.05, 0.1) is 11.5 Å². The van der Waals surface area contributed by atoms with Gasteiger partial charge in [0, 0.05) is 43.9 Å². The molecule has 0 aromatic heterocycles. The van der Waals surface area contributed by atoms with Crippen LogP contribution in [0.25, 0.3) is 6.08 Å². The number of carboxylic acids is 1. The van der Waals surface area contributed by atoms with Crippen molar-refractivity contribution in [1.29, 1.82) is 0 Å². The number of para-hydroxylation sites is 1. The second-order valence-corrected chi connectivity index (χ2v) is 13.2. The summed E-state index contributed by atoms with van der Waals surface area (Å²) in [4.78, 5) is 44.0. The predicted octanol–water partition coefficient (Wildman–Crippen LogP) is 6.06. The summed E-state index contributed by atoms with van der Waals surface area (Å²) >= 11 is 6.32. The van der Waals surface area contributed by atoms with Crippen molar-refractivity contribution >= 4 is 57.8 Å². The molecule has 4 aromatic rings. The number of carbonyl (C=O) groups excluding carboxylic acids is 2. The molecule has 2 aliphatic heterocycles. The zero-order valence-corrected chi connectivity index (χ0v) is 28.3. The van der Waals surface area contributed by atoms with Crippen LogP contribution in [0.4, 0.5) is 5.69 Å². The lowest BCUT2D eigenvalue weighted by Gasteiger charge is -2.37. The van der Waals surface area contributed by atoms with Crippen molar-refractivity contribution in [3.8, 4) is 11.5 Å². The minimum absolute atomic E-state index is 0.158. The summed E-state index contributed by atoms with van der Waals surface area (Å²) in [6.45, 7) is 2.34. The third-order valence-electron chi connectivity index (χ3n) is 8.21. The molecule has 1 unspecified atom stereocenters. The lowest BCUT2D eigenvalue weighted by molar-refractivity contribution is -0.140. The lowest BCUT2D eigenvalue weighted by atomic mass is 10.1. The minimum Gasteiger partial charge on any atom is -0.489 e. The van der Waals surface area contributed by atoms with Crippen molar-refractivity contribution in [3.63, 3.8) is 0 Å². The molecule has 1 N–H and O–H groups in total. The summed E-state index contributed by atoms with van der Waals surface area (Å²) < 4.78 is 13.0. The molecule has 2 saturated heterocycles. The van der Waals surface area contributed by atoms with Crippen LogP contribution >= 0.6 is 24.0 Å². The van der Waals surface area contributed by atoms with Crippen molar-refractivity contribution in [3.05, 3.63) is 131 Å². The van der Waals surface area contributed by atoms with Gasteiger partial charge in [-0.3, -0.25) is 19.3 Å². The highest BCUT2D eigenvalue weighted by Gasteiger charge is 2.34. The third kappa shape index (κ3) is 8.48. The van der Waals surface area contributed by atoms with E-state index in [4.69, 9.17) is 21.7 Å². The van der Waals surface area contributed by atoms with Gasteiger partial charge < -0.3 is 24.4 Å². The molecule has 11 heteroatoms. The first-order valence-electron chi connectivity index (χ1n) is 15.9. The van der Waals surface area contributed by atoms with E-state index in [2.05, 4.69) is 17.0 Å². The number of carbonyl (C=O) groups is 3. The van der Waals surface area contributed by atoms with Gasteiger partial charge in [-0.25, -0.2) is 0 Å². The molecule has 2 amide bonds. The molecule has 2 fully saturated rings. The number of thioether (sulfide) groups is 1. The van der Waals surface area contributed by atoms with Crippen molar-refractivity contribution < 1.29 is 29.0 Å². The Hall–Kier alpha value is -5.13. The Morgan fingerprint density at radius 2 is 1.51 bits per heavy atom. The number of piperazine rings is 1. The highest BCUT2D eigenvalue weighted by atomic mass is 32.2. The van der Waals surface area contributed by atoms with E-state index < -0.39 is 24.5 Å². The van der Waals surface area contributed by atoms with Gasteiger partial charge in [-0.05, 0) is 41.5 Å². The smallest absolute Gasteiger partial charge is 0.323 e. The van der Waals surface area contributed by atoms with Gasteiger partial charge in [0.1, 0.15) is 10.9 Å². The maximum atomic E-state index is 14.2. The zero-order chi connectivity index (χ0) is 34.2. The second-order valence-electron chi connectivity index (χ2n) is 11.5. The summed E-state index contributed by atoms with van der Waals surface area (Å²) in [5, 5.41) is 9.23. The van der Waals surface area contributed by atoms with Gasteiger partial charge >= 0.3 is 5.97 Å². The molecule has 6 rings (SSSR count). The summed E-state index contributed by atoms with van der Waals surface area (Å²) in [5.41, 5.74) is 3.56. The molecule has 9 nitrogen and oxygen atoms in total. The first kappa shape index (κ1) is 33.8. The first-order valence-corrected chi connectivity index (χ1v) is 17.2. The summed E-state index contributed by atoms with van der Waals surface area (Å²) in [6, 6.07) is 34.8. The number of rotatable bonds is 12. The quantitative estimate of drug-likeness (QED) is 0.140. The van der Waals surface area contributed by atoms with Crippen LogP contribution in [0.1, 0.15) is 22.8 Å². The minimum atomic E-state index is -1.15. The molecule has 4 aromatic carbocycles. The predicted molar refractivity (Wildman–Crippen MR) is 195 cm³/mol. The number of thiocarbonyl (C=S) groups is 1. The molecule has 2 aliphatic rings. The fourth-order valence-electron chi connectivity index (χ4n) is 5.68. The van der Waals surface area contributed by atoms with E-state index in [0.717, 1.165) is 27.9 Å². The number of nitrogens with zero attached hydrogens (tertiary/aromatic N) is 3. The molecule has 0 bridgehead atoms. The highest BCUT2D eigenvalue weighted by Crippen LogP contribution is 2.37. The van der Waals surface area contributed by atoms with Crippen molar-refractivity contribution in [2.24, 2.45) is 0 Å². The van der Waals surface area contributed by atoms with Gasteiger partial charge in [0.15, 0.2) is 11.5 Å². The summed E-state index contributed by atoms with van der Waals surface area (Å²) in [5.74, 6) is -0.991. The van der Waals surface area contributed by atoms with E-state index in [-0.39, 0.29) is 10.2 Å². The van der Waals surface area contributed by atoms with Gasteiger partial charge in [-0.2, -0.15) is 0 Å². The van der Waals surface area contributed by atoms with E-state index in [1.54, 1.807) is 24.3 Å². The molecular formula is C38H35N3O6S2. The number of hydrogen-bond acceptors (Lipinski definition) is 8. The Labute approximate surface area is 294 Å². The Kier molecular flexibility index (Phi) is 10.9. The molecule has 49 heavy (non-hydrogen) atoms. The van der Waals surface area contributed by atoms with Gasteiger partial charge in [-0.15, -0.1) is 0 Å². The third-order valence-corrected chi connectivity index (χ3v) is 9.59. The second kappa shape index (κ2) is 15.8. The average molecular weight is 694 g/mol. The van der Waals surface area contributed by atoms with Crippen LogP contribution in [-0.2, 0) is 20.8 Å². The number of ether oxygens (including phenoxy) is 2. The average Bonchev–Trinajstić information content (AvgIpc) is 3.39. The van der Waals surface area contributed by atoms with Crippen molar-refractivity contribution in [1.82, 2.24) is 9.80 Å². The molecule has 0 aliphatic carbocycles. The van der Waals surface area contributed by atoms with E-state index in [1.165, 1.54) is 0 Å². The fraction of sp³-hybridized carbons (Fsp3) is 0.211. The topological polar surface area (TPSA) is 99.6 Å². The van der Waals surface area contributed by atoms with E-state index >= 15 is 0 Å². The molecule has 1 atom stereocenters. The number of aliphatic carboxylic acids is 1. The largest absolute Gasteiger partial charge is 0.489 e. The number of hydrogen-bond donors (Lipinski definition) is 1. The normalized spacial score (nSPS) is 16.2. The van der Waals surface area contributed by atoms with Crippen molar-refractivity contribution in [2.75, 3.05) is 44.2 Å². The Balaban J connectivity index is 1.27. The van der Waals surface area contributed by atoms with Crippen molar-refractivity contribution in [2.45, 2.75) is 12.5 Å². The summed E-state index contributed by atoms with van der Waals surface area (Å²) in [6.07, 6.45) is 1.36. The van der Waals surface area contributed by atoms with Crippen LogP contribution in [0.3, 0.4) is 0 Å². The molecule has 0 radical (unpaired) electrons. The summed E-state index contributed by atoms with van der Waals surface area (Å²) in [7, 11) is 0. The molecule has 0 spiro atoms. The van der Waals surface area contributed by atoms with Crippen LogP contribution < -0.4 is 14.4 Å². The van der Waals surface area contributed by atoms with Gasteiger partial charge in [0.2, 0.25) is 6.10 Å². The van der Waals surface area contributed by atoms with Crippen LogP contribution in [-0.4, -0.2) is 76.3 Å². The zero-order valence-electron chi connectivity index (χ0n) is 26.6. The van der Waals surface area contributed by atoms with Crippen LogP contribution in [0.15, 0.2) is 114 Å². The van der Waals surface area contributed by atoms with Crippen LogP contribution in [0, 0.1) is 0 Å². The standard InChI is InChI=1S/C38H35N3O6S2/c42-34(43)26-41-36(44)33(49-38(41)48)25-28-16-17-31(46-23-18-27-10-4-1-5-11-27)32(24-28)47-35(29-12-6-2-7-13-29)37(45)40-21-19-39(20-22-40)30-14-8-3-9-15-30/h1-17,24-25,35H,18-23,26H2,(H,42,43).